The fraction of sp³-hybridized carbons (Fsp3) is 0.733. The van der Waals surface area contributed by atoms with E-state index in [0.717, 1.165) is 16.3 Å². The third-order valence-electron chi connectivity index (χ3n) is 13.4. The summed E-state index contributed by atoms with van der Waals surface area (Å²) in [7, 11) is -0.333. The molecule has 0 radical (unpaired) electrons. The molecular formula is C30H72O9Si10. The number of unbranched alkanes of at least 4 members (excludes halogenated alkanes) is 1. The molecule has 1 unspecified atom stereocenters. The number of hydrogen-bond donors (Lipinski definition) is 0. The Labute approximate surface area is 327 Å². The van der Waals surface area contributed by atoms with E-state index in [2.05, 4.69) is 88.3 Å². The Balaban J connectivity index is 4.62. The van der Waals surface area contributed by atoms with Gasteiger partial charge in [0.05, 0.1) is 0 Å². The molecule has 0 bridgehead atoms. The molecule has 1 aromatic rings. The first kappa shape index (κ1) is 47.8. The SMILES string of the molecule is CCCCC(C)C(C)(C)C(C)(C)C(C)(C)C(C)(C)C(O[SiH3])(O[SiH3])C(O[SiH3])(O[SiH3])C(=C(C)[Si](O[SiH3])(O[SiH3])C(O[SiH3])(O[SiH3])O[SiH3])c1ccccc1. The molecule has 0 heterocycles. The second kappa shape index (κ2) is 18.4. The molecule has 0 aromatic heterocycles. The van der Waals surface area contributed by atoms with Crippen LogP contribution in [0.15, 0.2) is 35.5 Å². The maximum absolute atomic E-state index is 7.01. The van der Waals surface area contributed by atoms with E-state index in [1.165, 1.54) is 19.3 Å². The second-order valence-corrected chi connectivity index (χ2v) is 24.0. The summed E-state index contributed by atoms with van der Waals surface area (Å²) in [6.45, 7) is 25.8. The highest BCUT2D eigenvalue weighted by molar-refractivity contribution is 6.82. The van der Waals surface area contributed by atoms with Gasteiger partial charge in [-0.15, -0.1) is 0 Å². The monoisotopic (exact) mass is 856 g/mol. The average Bonchev–Trinajstić information content (AvgIpc) is 3.09. The minimum Gasteiger partial charge on any atom is -0.437 e. The summed E-state index contributed by atoms with van der Waals surface area (Å²) < 4.78 is 59.9. The van der Waals surface area contributed by atoms with Crippen LogP contribution in [0.1, 0.15) is 101 Å². The van der Waals surface area contributed by atoms with Crippen LogP contribution in [0.3, 0.4) is 0 Å². The number of benzene rings is 1. The summed E-state index contributed by atoms with van der Waals surface area (Å²) in [6, 6.07) is 10.3. The van der Waals surface area contributed by atoms with E-state index in [9.17, 15) is 0 Å². The van der Waals surface area contributed by atoms with Gasteiger partial charge in [-0.1, -0.05) is 119 Å². The van der Waals surface area contributed by atoms with Gasteiger partial charge < -0.3 is 39.2 Å². The highest BCUT2D eigenvalue weighted by Crippen LogP contribution is 2.67. The summed E-state index contributed by atoms with van der Waals surface area (Å²) in [4.78, 5) is 0. The molecular weight excluding hydrogens is 785 g/mol. The van der Waals surface area contributed by atoms with Crippen LogP contribution in [0, 0.1) is 27.6 Å². The Morgan fingerprint density at radius 2 is 1.10 bits per heavy atom. The summed E-state index contributed by atoms with van der Waals surface area (Å²) in [5.41, 5.74) is -1.01. The van der Waals surface area contributed by atoms with Crippen molar-refractivity contribution >= 4 is 109 Å². The molecule has 0 aliphatic carbocycles. The third-order valence-corrected chi connectivity index (χ3v) is 25.8. The first-order valence-corrected chi connectivity index (χ1v) is 26.6. The van der Waals surface area contributed by atoms with Crippen molar-refractivity contribution in [3.05, 3.63) is 41.1 Å². The van der Waals surface area contributed by atoms with Crippen LogP contribution in [0.25, 0.3) is 5.57 Å². The van der Waals surface area contributed by atoms with Crippen molar-refractivity contribution in [1.29, 1.82) is 0 Å². The Morgan fingerprint density at radius 3 is 1.45 bits per heavy atom. The van der Waals surface area contributed by atoms with E-state index in [1.54, 1.807) is 0 Å². The fourth-order valence-corrected chi connectivity index (χ4v) is 25.2. The predicted octanol–water partition coefficient (Wildman–Crippen LogP) is -3.37. The van der Waals surface area contributed by atoms with Crippen LogP contribution in [0.4, 0.5) is 0 Å². The maximum Gasteiger partial charge on any atom is 0.443 e. The van der Waals surface area contributed by atoms with Crippen molar-refractivity contribution in [3.63, 3.8) is 0 Å². The lowest BCUT2D eigenvalue weighted by Gasteiger charge is -2.67. The highest BCUT2D eigenvalue weighted by Gasteiger charge is 2.72. The van der Waals surface area contributed by atoms with Crippen molar-refractivity contribution in [2.75, 3.05) is 0 Å². The van der Waals surface area contributed by atoms with Crippen LogP contribution in [-0.4, -0.2) is 120 Å². The molecule has 0 fully saturated rings. The zero-order valence-electron chi connectivity index (χ0n) is 34.8. The zero-order valence-corrected chi connectivity index (χ0v) is 53.8. The first-order valence-electron chi connectivity index (χ1n) is 17.4. The van der Waals surface area contributed by atoms with Gasteiger partial charge in [-0.05, 0) is 39.8 Å². The molecule has 286 valence electrons. The number of allylic oxidation sites excluding steroid dienone is 1. The largest absolute Gasteiger partial charge is 0.443 e. The zero-order chi connectivity index (χ0) is 38.3. The molecule has 1 aromatic carbocycles. The quantitative estimate of drug-likeness (QED) is 0.0879. The molecule has 0 aliphatic heterocycles. The van der Waals surface area contributed by atoms with E-state index in [4.69, 9.17) is 39.2 Å². The van der Waals surface area contributed by atoms with Gasteiger partial charge in [0.25, 0.3) is 5.60 Å². The van der Waals surface area contributed by atoms with Crippen molar-refractivity contribution in [1.82, 2.24) is 0 Å². The van der Waals surface area contributed by atoms with E-state index in [0.29, 0.717) is 100 Å². The lowest BCUT2D eigenvalue weighted by Crippen LogP contribution is -2.74. The molecule has 1 atom stereocenters. The molecule has 49 heavy (non-hydrogen) atoms. The number of rotatable bonds is 22. The first-order chi connectivity index (χ1) is 22.7. The molecule has 19 heteroatoms. The minimum absolute atomic E-state index is 0.0264. The van der Waals surface area contributed by atoms with Gasteiger partial charge in [0.1, 0.15) is 62.9 Å². The fourth-order valence-electron chi connectivity index (χ4n) is 8.42. The van der Waals surface area contributed by atoms with Crippen molar-refractivity contribution in [3.8, 4) is 0 Å². The van der Waals surface area contributed by atoms with Gasteiger partial charge in [-0.2, -0.15) is 0 Å². The van der Waals surface area contributed by atoms with Crippen LogP contribution in [0.2, 0.25) is 0 Å². The lowest BCUT2D eigenvalue weighted by atomic mass is 9.43. The summed E-state index contributed by atoms with van der Waals surface area (Å²) in [5, 5.41) is 0.821. The average molecular weight is 858 g/mol. The van der Waals surface area contributed by atoms with E-state index < -0.39 is 31.1 Å². The van der Waals surface area contributed by atoms with Crippen LogP contribution < -0.4 is 0 Å². The van der Waals surface area contributed by atoms with Crippen molar-refractivity contribution < 1.29 is 39.2 Å². The van der Waals surface area contributed by atoms with Gasteiger partial charge in [0, 0.05) is 11.0 Å². The Morgan fingerprint density at radius 1 is 0.653 bits per heavy atom. The van der Waals surface area contributed by atoms with Crippen molar-refractivity contribution in [2.24, 2.45) is 27.6 Å². The molecule has 0 aliphatic rings. The number of hydrogen-bond acceptors (Lipinski definition) is 9. The van der Waals surface area contributed by atoms with E-state index in [-0.39, 0.29) is 16.2 Å². The second-order valence-electron chi connectivity index (χ2n) is 15.2. The molecule has 0 spiro atoms. The van der Waals surface area contributed by atoms with Crippen LogP contribution in [-0.2, 0) is 39.2 Å². The van der Waals surface area contributed by atoms with Crippen LogP contribution >= 0.6 is 0 Å². The maximum atomic E-state index is 7.01. The summed E-state index contributed by atoms with van der Waals surface area (Å²) in [5.74, 6) is -2.31. The van der Waals surface area contributed by atoms with Gasteiger partial charge >= 0.3 is 8.56 Å². The smallest absolute Gasteiger partial charge is 0.437 e. The molecule has 1 rings (SSSR count). The van der Waals surface area contributed by atoms with Gasteiger partial charge in [0.15, 0.2) is 31.5 Å². The van der Waals surface area contributed by atoms with E-state index >= 15 is 0 Å². The normalized spacial score (nSPS) is 20.2. The highest BCUT2D eigenvalue weighted by atomic mass is 28.4. The topological polar surface area (TPSA) is 83.1 Å². The molecule has 9 nitrogen and oxygen atoms in total. The summed E-state index contributed by atoms with van der Waals surface area (Å²) >= 11 is 0. The molecule has 0 saturated carbocycles. The third kappa shape index (κ3) is 7.44. The lowest BCUT2D eigenvalue weighted by molar-refractivity contribution is -0.351. The Bertz CT molecular complexity index is 1190. The minimum atomic E-state index is -3.60. The standard InChI is InChI=1S/C30H72O9Si10/c1-12-13-17-20(2)24(4,5)25(6,7)26(8,9)27(10,11)29(33-42,34-43)28(31-40,32-41)23(22-18-15-14-16-19-22)21(3)49(38-47,39-48)30(35-44,36-45)37-46/h14-16,18-20H,12-13,17H2,1-11,40-48H3. The predicted molar refractivity (Wildman–Crippen MR) is 236 cm³/mol. The summed E-state index contributed by atoms with van der Waals surface area (Å²) in [6.07, 6.45) is 3.59. The van der Waals surface area contributed by atoms with E-state index in [1.807, 2.05) is 18.2 Å². The van der Waals surface area contributed by atoms with Gasteiger partial charge in [-0.25, -0.2) is 0 Å². The van der Waals surface area contributed by atoms with Gasteiger partial charge in [0.2, 0.25) is 11.6 Å². The molecule has 0 N–H and O–H groups in total. The van der Waals surface area contributed by atoms with Crippen molar-refractivity contribution in [2.45, 2.75) is 113 Å². The molecule has 0 amide bonds. The Hall–Kier alpha value is 0.769. The van der Waals surface area contributed by atoms with Crippen LogP contribution in [0.5, 0.6) is 0 Å². The Kier molecular flexibility index (Phi) is 17.9. The molecule has 0 saturated heterocycles. The van der Waals surface area contributed by atoms with Gasteiger partial charge in [-0.3, -0.25) is 0 Å².